The molecule has 78 valence electrons. The number of primary amides is 1. The number of hydrogen-bond donors (Lipinski definition) is 2. The highest BCUT2D eigenvalue weighted by Crippen LogP contribution is 2.32. The summed E-state index contributed by atoms with van der Waals surface area (Å²) in [6, 6.07) is 0.646. The Hall–Kier alpha value is -1.10. The first kappa shape index (κ1) is 9.45. The molecule has 2 aliphatic rings. The van der Waals surface area contributed by atoms with Gasteiger partial charge in [-0.1, -0.05) is 0 Å². The maximum Gasteiger partial charge on any atom is 0.332 e. The van der Waals surface area contributed by atoms with Gasteiger partial charge in [0, 0.05) is 30.6 Å². The Kier molecular flexibility index (Phi) is 2.41. The first-order valence-corrected chi connectivity index (χ1v) is 4.99. The molecule has 0 aromatic carbocycles. The van der Waals surface area contributed by atoms with Gasteiger partial charge in [0.1, 0.15) is 0 Å². The minimum Gasteiger partial charge on any atom is -0.350 e. The van der Waals surface area contributed by atoms with Gasteiger partial charge in [-0.25, -0.2) is 10.2 Å². The summed E-state index contributed by atoms with van der Waals surface area (Å²) in [4.78, 5) is 12.9. The van der Waals surface area contributed by atoms with Crippen LogP contribution < -0.4 is 11.2 Å². The van der Waals surface area contributed by atoms with Crippen LogP contribution in [-0.4, -0.2) is 35.8 Å². The fourth-order valence-corrected chi connectivity index (χ4v) is 2.44. The second kappa shape index (κ2) is 3.57. The molecule has 0 aromatic rings. The van der Waals surface area contributed by atoms with Crippen molar-refractivity contribution in [3.05, 3.63) is 0 Å². The maximum absolute atomic E-state index is 10.5. The molecule has 5 nitrogen and oxygen atoms in total. The number of carbonyl (C=O) groups excluding carboxylic acids is 1. The molecule has 3 N–H and O–H groups in total. The molecule has 2 heterocycles. The van der Waals surface area contributed by atoms with Gasteiger partial charge >= 0.3 is 6.03 Å². The predicted octanol–water partition coefficient (Wildman–Crippen LogP) is 0.267. The summed E-state index contributed by atoms with van der Waals surface area (Å²) in [5.74, 6) is 0. The number of nitrogens with one attached hydrogen (secondary N) is 1. The first-order valence-electron chi connectivity index (χ1n) is 4.99. The van der Waals surface area contributed by atoms with E-state index in [0.29, 0.717) is 12.1 Å². The van der Waals surface area contributed by atoms with Gasteiger partial charge in [0.15, 0.2) is 0 Å². The number of carbonyl (C=O) groups is 1. The van der Waals surface area contributed by atoms with Crippen LogP contribution in [0, 0.1) is 0 Å². The lowest BCUT2D eigenvalue weighted by Gasteiger charge is -2.31. The number of hydrazone groups is 1. The molecule has 0 saturated carbocycles. The standard InChI is InChI=1S/C9H16N4O/c1-13-7-2-3-8(13)5-6(4-7)11-12-9(10)14/h7-8H,2-5H2,1H3,(H3,10,12,14)/t7-,8-/m1/s1. The lowest BCUT2D eigenvalue weighted by atomic mass is 10.0. The molecule has 2 atom stereocenters. The van der Waals surface area contributed by atoms with E-state index in [1.165, 1.54) is 12.8 Å². The molecule has 2 fully saturated rings. The van der Waals surface area contributed by atoms with E-state index in [-0.39, 0.29) is 0 Å². The summed E-state index contributed by atoms with van der Waals surface area (Å²) >= 11 is 0. The quantitative estimate of drug-likeness (QED) is 0.591. The number of nitrogens with zero attached hydrogens (tertiary/aromatic N) is 2. The minimum atomic E-state index is -0.580. The number of amides is 2. The van der Waals surface area contributed by atoms with Crippen molar-refractivity contribution in [2.24, 2.45) is 10.8 Å². The van der Waals surface area contributed by atoms with Crippen LogP contribution in [0.1, 0.15) is 25.7 Å². The molecule has 0 spiro atoms. The Labute approximate surface area is 83.3 Å². The third-order valence-corrected chi connectivity index (χ3v) is 3.25. The third-order valence-electron chi connectivity index (χ3n) is 3.25. The van der Waals surface area contributed by atoms with Crippen molar-refractivity contribution in [3.8, 4) is 0 Å². The topological polar surface area (TPSA) is 70.7 Å². The molecule has 14 heavy (non-hydrogen) atoms. The highest BCUT2D eigenvalue weighted by atomic mass is 16.2. The van der Waals surface area contributed by atoms with Crippen LogP contribution in [0.25, 0.3) is 0 Å². The predicted molar refractivity (Wildman–Crippen MR) is 54.0 cm³/mol. The number of rotatable bonds is 1. The fraction of sp³-hybridized carbons (Fsp3) is 0.778. The van der Waals surface area contributed by atoms with Crippen molar-refractivity contribution >= 4 is 11.7 Å². The number of nitrogens with two attached hydrogens (primary N) is 1. The third kappa shape index (κ3) is 1.72. The Morgan fingerprint density at radius 1 is 1.50 bits per heavy atom. The van der Waals surface area contributed by atoms with Crippen molar-refractivity contribution in [2.45, 2.75) is 37.8 Å². The average molecular weight is 196 g/mol. The Balaban J connectivity index is 1.99. The summed E-state index contributed by atoms with van der Waals surface area (Å²) in [6.07, 6.45) is 4.42. The van der Waals surface area contributed by atoms with E-state index in [4.69, 9.17) is 5.73 Å². The highest BCUT2D eigenvalue weighted by Gasteiger charge is 2.36. The van der Waals surface area contributed by atoms with E-state index in [9.17, 15) is 4.79 Å². The zero-order valence-corrected chi connectivity index (χ0v) is 8.36. The van der Waals surface area contributed by atoms with Crippen LogP contribution in [0.2, 0.25) is 0 Å². The summed E-state index contributed by atoms with van der Waals surface area (Å²) in [5, 5.41) is 4.02. The lowest BCUT2D eigenvalue weighted by molar-refractivity contribution is 0.230. The Morgan fingerprint density at radius 3 is 2.57 bits per heavy atom. The summed E-state index contributed by atoms with van der Waals surface area (Å²) < 4.78 is 0. The van der Waals surface area contributed by atoms with E-state index in [0.717, 1.165) is 18.6 Å². The largest absolute Gasteiger partial charge is 0.350 e. The zero-order valence-electron chi connectivity index (χ0n) is 8.36. The van der Waals surface area contributed by atoms with Crippen LogP contribution in [0.3, 0.4) is 0 Å². The number of fused-ring (bicyclic) bond motifs is 2. The lowest BCUT2D eigenvalue weighted by Crippen LogP contribution is -2.41. The Bertz CT molecular complexity index is 260. The van der Waals surface area contributed by atoms with E-state index in [2.05, 4.69) is 22.5 Å². The highest BCUT2D eigenvalue weighted by molar-refractivity contribution is 5.87. The van der Waals surface area contributed by atoms with Crippen molar-refractivity contribution in [1.29, 1.82) is 0 Å². The SMILES string of the molecule is CN1[C@@H]2CC[C@@H]1CC(=NNC(N)=O)C2. The van der Waals surface area contributed by atoms with Crippen molar-refractivity contribution < 1.29 is 4.79 Å². The Morgan fingerprint density at radius 2 is 2.07 bits per heavy atom. The smallest absolute Gasteiger partial charge is 0.332 e. The molecule has 0 unspecified atom stereocenters. The van der Waals surface area contributed by atoms with E-state index in [1.807, 2.05) is 0 Å². The molecule has 2 rings (SSSR count). The number of urea groups is 1. The summed E-state index contributed by atoms with van der Waals surface area (Å²) in [7, 11) is 2.17. The zero-order chi connectivity index (χ0) is 10.1. The van der Waals surface area contributed by atoms with E-state index in [1.54, 1.807) is 0 Å². The van der Waals surface area contributed by atoms with Gasteiger partial charge in [0.25, 0.3) is 0 Å². The fourth-order valence-electron chi connectivity index (χ4n) is 2.44. The van der Waals surface area contributed by atoms with E-state index < -0.39 is 6.03 Å². The van der Waals surface area contributed by atoms with Gasteiger partial charge in [-0.05, 0) is 19.9 Å². The average Bonchev–Trinajstić information content (AvgIpc) is 2.41. The molecule has 0 aromatic heterocycles. The molecule has 0 aliphatic carbocycles. The molecule has 2 amide bonds. The van der Waals surface area contributed by atoms with Crippen molar-refractivity contribution in [1.82, 2.24) is 10.3 Å². The number of piperidine rings is 1. The van der Waals surface area contributed by atoms with Crippen molar-refractivity contribution in [2.75, 3.05) is 7.05 Å². The van der Waals surface area contributed by atoms with Crippen LogP contribution in [0.5, 0.6) is 0 Å². The van der Waals surface area contributed by atoms with Crippen molar-refractivity contribution in [3.63, 3.8) is 0 Å². The summed E-state index contributed by atoms with van der Waals surface area (Å²) in [6.45, 7) is 0. The first-order chi connectivity index (χ1) is 6.66. The molecular formula is C9H16N4O. The van der Waals surface area contributed by atoms with Crippen LogP contribution in [-0.2, 0) is 0 Å². The molecule has 0 radical (unpaired) electrons. The van der Waals surface area contributed by atoms with Gasteiger partial charge in [-0.3, -0.25) is 4.90 Å². The second-order valence-corrected chi connectivity index (χ2v) is 4.11. The maximum atomic E-state index is 10.5. The van der Waals surface area contributed by atoms with Gasteiger partial charge in [-0.2, -0.15) is 5.10 Å². The normalized spacial score (nSPS) is 31.6. The van der Waals surface area contributed by atoms with Gasteiger partial charge in [-0.15, -0.1) is 0 Å². The molecule has 5 heteroatoms. The monoisotopic (exact) mass is 196 g/mol. The molecule has 2 saturated heterocycles. The number of hydrogen-bond acceptors (Lipinski definition) is 3. The van der Waals surface area contributed by atoms with Crippen LogP contribution >= 0.6 is 0 Å². The second-order valence-electron chi connectivity index (χ2n) is 4.11. The van der Waals surface area contributed by atoms with Gasteiger partial charge < -0.3 is 5.73 Å². The molecular weight excluding hydrogens is 180 g/mol. The minimum absolute atomic E-state index is 0.580. The van der Waals surface area contributed by atoms with Crippen LogP contribution in [0.15, 0.2) is 5.10 Å². The van der Waals surface area contributed by atoms with Gasteiger partial charge in [0.05, 0.1) is 0 Å². The summed E-state index contributed by atoms with van der Waals surface area (Å²) in [5.41, 5.74) is 8.34. The molecule has 2 bridgehead atoms. The van der Waals surface area contributed by atoms with Gasteiger partial charge in [0.2, 0.25) is 0 Å². The molecule has 2 aliphatic heterocycles. The van der Waals surface area contributed by atoms with Crippen LogP contribution in [0.4, 0.5) is 4.79 Å². The van der Waals surface area contributed by atoms with E-state index >= 15 is 0 Å².